The molecule has 0 unspecified atom stereocenters. The van der Waals surface area contributed by atoms with Gasteiger partial charge in [0.15, 0.2) is 0 Å². The van der Waals surface area contributed by atoms with Crippen LogP contribution in [0.25, 0.3) is 0 Å². The smallest absolute Gasteiger partial charge is 0.413 e. The van der Waals surface area contributed by atoms with Crippen LogP contribution in [-0.2, 0) is 14.3 Å². The zero-order valence-electron chi connectivity index (χ0n) is 18.1. The molecule has 1 N–H and O–H groups in total. The number of methoxy groups -OCH3 is 2. The van der Waals surface area contributed by atoms with Gasteiger partial charge in [-0.2, -0.15) is 0 Å². The van der Waals surface area contributed by atoms with Gasteiger partial charge in [0.25, 0.3) is 0 Å². The van der Waals surface area contributed by atoms with Crippen molar-refractivity contribution < 1.29 is 28.6 Å². The lowest BCUT2D eigenvalue weighted by Gasteiger charge is -2.29. The molecule has 1 aromatic carbocycles. The summed E-state index contributed by atoms with van der Waals surface area (Å²) in [4.78, 5) is 40.0. The molecule has 166 valence electrons. The Morgan fingerprint density at radius 1 is 1.17 bits per heavy atom. The molecule has 1 aliphatic rings. The summed E-state index contributed by atoms with van der Waals surface area (Å²) in [5.74, 6) is 0.835. The Kier molecular flexibility index (Phi) is 8.91. The van der Waals surface area contributed by atoms with Crippen molar-refractivity contribution in [2.45, 2.75) is 32.7 Å². The highest BCUT2D eigenvalue weighted by Crippen LogP contribution is 2.38. The van der Waals surface area contributed by atoms with Crippen LogP contribution in [0.2, 0.25) is 0 Å². The molecule has 0 saturated carbocycles. The molecule has 1 aromatic rings. The quantitative estimate of drug-likeness (QED) is 0.651. The van der Waals surface area contributed by atoms with Crippen molar-refractivity contribution in [1.29, 1.82) is 0 Å². The minimum atomic E-state index is -0.783. The zero-order valence-corrected chi connectivity index (χ0v) is 18.1. The van der Waals surface area contributed by atoms with Crippen LogP contribution in [0.1, 0.15) is 38.3 Å². The first-order chi connectivity index (χ1) is 14.4. The zero-order chi connectivity index (χ0) is 22.1. The third-order valence-electron chi connectivity index (χ3n) is 5.06. The van der Waals surface area contributed by atoms with E-state index in [4.69, 9.17) is 14.2 Å². The molecule has 0 bridgehead atoms. The van der Waals surface area contributed by atoms with Gasteiger partial charge in [0.1, 0.15) is 11.5 Å². The number of rotatable bonds is 9. The molecule has 1 aliphatic heterocycles. The second-order valence-electron chi connectivity index (χ2n) is 6.92. The molecular weight excluding hydrogens is 390 g/mol. The van der Waals surface area contributed by atoms with E-state index in [9.17, 15) is 14.4 Å². The minimum Gasteiger partial charge on any atom is -0.497 e. The Balaban J connectivity index is 2.06. The molecule has 0 radical (unpaired) electrons. The fourth-order valence-electron chi connectivity index (χ4n) is 3.57. The molecule has 2 rings (SSSR count). The van der Waals surface area contributed by atoms with Crippen LogP contribution < -0.4 is 14.8 Å². The summed E-state index contributed by atoms with van der Waals surface area (Å²) in [6.45, 7) is 4.83. The van der Waals surface area contributed by atoms with Gasteiger partial charge in [-0.05, 0) is 44.5 Å². The van der Waals surface area contributed by atoms with Gasteiger partial charge in [-0.3, -0.25) is 19.8 Å². The van der Waals surface area contributed by atoms with Gasteiger partial charge in [-0.15, -0.1) is 0 Å². The molecule has 30 heavy (non-hydrogen) atoms. The first-order valence-corrected chi connectivity index (χ1v) is 10.1. The van der Waals surface area contributed by atoms with Crippen molar-refractivity contribution in [3.8, 4) is 11.5 Å². The highest BCUT2D eigenvalue weighted by molar-refractivity contribution is 5.93. The van der Waals surface area contributed by atoms with E-state index in [0.29, 0.717) is 24.6 Å². The van der Waals surface area contributed by atoms with E-state index < -0.39 is 12.0 Å². The summed E-state index contributed by atoms with van der Waals surface area (Å²) in [5.41, 5.74) is 0.908. The van der Waals surface area contributed by atoms with Gasteiger partial charge in [-0.25, -0.2) is 4.79 Å². The normalized spacial score (nSPS) is 15.8. The van der Waals surface area contributed by atoms with Crippen molar-refractivity contribution in [3.05, 3.63) is 23.8 Å². The van der Waals surface area contributed by atoms with E-state index >= 15 is 0 Å². The van der Waals surface area contributed by atoms with Crippen LogP contribution in [0.4, 0.5) is 4.79 Å². The number of ether oxygens (including phenoxy) is 3. The molecule has 1 saturated heterocycles. The summed E-state index contributed by atoms with van der Waals surface area (Å²) in [5, 5.41) is 2.15. The van der Waals surface area contributed by atoms with Crippen LogP contribution >= 0.6 is 0 Å². The van der Waals surface area contributed by atoms with Crippen molar-refractivity contribution in [2.24, 2.45) is 0 Å². The van der Waals surface area contributed by atoms with Gasteiger partial charge >= 0.3 is 6.09 Å². The number of alkyl carbamates (subject to hydrolysis) is 1. The van der Waals surface area contributed by atoms with E-state index in [1.54, 1.807) is 26.0 Å². The number of amides is 3. The van der Waals surface area contributed by atoms with Gasteiger partial charge in [-0.1, -0.05) is 6.92 Å². The summed E-state index contributed by atoms with van der Waals surface area (Å²) >= 11 is 0. The maximum absolute atomic E-state index is 13.0. The average Bonchev–Trinajstić information content (AvgIpc) is 3.22. The predicted octanol–water partition coefficient (Wildman–Crippen LogP) is 1.96. The maximum atomic E-state index is 13.0. The predicted molar refractivity (Wildman–Crippen MR) is 111 cm³/mol. The number of benzene rings is 1. The van der Waals surface area contributed by atoms with Gasteiger partial charge in [0, 0.05) is 12.1 Å². The van der Waals surface area contributed by atoms with Crippen molar-refractivity contribution in [1.82, 2.24) is 15.1 Å². The highest BCUT2D eigenvalue weighted by Gasteiger charge is 2.33. The number of carbonyl (C=O) groups is 3. The Bertz CT molecular complexity index is 754. The minimum absolute atomic E-state index is 0.0674. The SMILES string of the molecule is CCOC(=O)NC(=O)CN(CC)CC(=O)N1CCC[C@H]1c1cc(OC)ccc1OC. The van der Waals surface area contributed by atoms with Gasteiger partial charge in [0.05, 0.1) is 40.0 Å². The second kappa shape index (κ2) is 11.4. The number of likely N-dealkylation sites (N-methyl/N-ethyl adjacent to an activating group) is 1. The molecule has 0 spiro atoms. The Morgan fingerprint density at radius 2 is 1.93 bits per heavy atom. The monoisotopic (exact) mass is 421 g/mol. The Hall–Kier alpha value is -2.81. The van der Waals surface area contributed by atoms with Crippen LogP contribution in [-0.4, -0.2) is 74.7 Å². The first kappa shape index (κ1) is 23.5. The number of nitrogens with one attached hydrogen (secondary N) is 1. The van der Waals surface area contributed by atoms with E-state index in [0.717, 1.165) is 18.4 Å². The summed E-state index contributed by atoms with van der Waals surface area (Å²) in [6, 6.07) is 5.45. The topological polar surface area (TPSA) is 97.4 Å². The lowest BCUT2D eigenvalue weighted by molar-refractivity contribution is -0.134. The lowest BCUT2D eigenvalue weighted by atomic mass is 10.0. The molecular formula is C21H31N3O6. The van der Waals surface area contributed by atoms with Crippen molar-refractivity contribution >= 4 is 17.9 Å². The Labute approximate surface area is 177 Å². The van der Waals surface area contributed by atoms with E-state index in [1.807, 2.05) is 30.0 Å². The summed E-state index contributed by atoms with van der Waals surface area (Å²) in [7, 11) is 3.21. The third-order valence-corrected chi connectivity index (χ3v) is 5.06. The molecule has 1 heterocycles. The fraction of sp³-hybridized carbons (Fsp3) is 0.571. The van der Waals surface area contributed by atoms with E-state index in [2.05, 4.69) is 5.32 Å². The molecule has 9 nitrogen and oxygen atoms in total. The highest BCUT2D eigenvalue weighted by atomic mass is 16.5. The van der Waals surface area contributed by atoms with Crippen molar-refractivity contribution in [3.63, 3.8) is 0 Å². The van der Waals surface area contributed by atoms with Gasteiger partial charge in [0.2, 0.25) is 11.8 Å². The molecule has 1 atom stereocenters. The molecule has 0 aliphatic carbocycles. The molecule has 0 aromatic heterocycles. The Morgan fingerprint density at radius 3 is 2.57 bits per heavy atom. The van der Waals surface area contributed by atoms with Crippen LogP contribution in [0.3, 0.4) is 0 Å². The number of likely N-dealkylation sites (tertiary alicyclic amines) is 1. The number of carbonyl (C=O) groups excluding carboxylic acids is 3. The average molecular weight is 421 g/mol. The fourth-order valence-corrected chi connectivity index (χ4v) is 3.57. The second-order valence-corrected chi connectivity index (χ2v) is 6.92. The first-order valence-electron chi connectivity index (χ1n) is 10.1. The molecule has 9 heteroatoms. The molecule has 1 fully saturated rings. The van der Waals surface area contributed by atoms with E-state index in [-0.39, 0.29) is 31.6 Å². The summed E-state index contributed by atoms with van der Waals surface area (Å²) < 4.78 is 15.5. The summed E-state index contributed by atoms with van der Waals surface area (Å²) in [6.07, 6.45) is 0.923. The largest absolute Gasteiger partial charge is 0.497 e. The lowest BCUT2D eigenvalue weighted by Crippen LogP contribution is -2.45. The third kappa shape index (κ3) is 6.09. The van der Waals surface area contributed by atoms with Crippen molar-refractivity contribution in [2.75, 3.05) is 47.0 Å². The van der Waals surface area contributed by atoms with Crippen LogP contribution in [0.5, 0.6) is 11.5 Å². The standard InChI is InChI=1S/C21H31N3O6/c1-5-23(13-19(25)22-21(27)30-6-2)14-20(26)24-11-7-8-17(24)16-12-15(28-3)9-10-18(16)29-4/h9-10,12,17H,5-8,11,13-14H2,1-4H3,(H,22,25,27)/t17-/m0/s1. The maximum Gasteiger partial charge on any atom is 0.413 e. The van der Waals surface area contributed by atoms with E-state index in [1.165, 1.54) is 0 Å². The van der Waals surface area contributed by atoms with Gasteiger partial charge < -0.3 is 19.1 Å². The van der Waals surface area contributed by atoms with Crippen LogP contribution in [0.15, 0.2) is 18.2 Å². The number of hydrogen-bond acceptors (Lipinski definition) is 7. The number of imide groups is 1. The number of hydrogen-bond donors (Lipinski definition) is 1. The van der Waals surface area contributed by atoms with Crippen LogP contribution in [0, 0.1) is 0 Å². The molecule has 3 amide bonds. The number of nitrogens with zero attached hydrogens (tertiary/aromatic N) is 2.